The Morgan fingerprint density at radius 3 is 2.84 bits per heavy atom. The van der Waals surface area contributed by atoms with Gasteiger partial charge in [0.1, 0.15) is 5.03 Å². The lowest BCUT2D eigenvalue weighted by molar-refractivity contribution is 0.534. The van der Waals surface area contributed by atoms with Crippen LogP contribution in [0.4, 0.5) is 0 Å². The minimum absolute atomic E-state index is 0.0604. The second kappa shape index (κ2) is 6.03. The molecule has 2 aromatic heterocycles. The fourth-order valence-electron chi connectivity index (χ4n) is 1.70. The summed E-state index contributed by atoms with van der Waals surface area (Å²) in [6.07, 6.45) is 2.62. The number of rotatable bonds is 5. The van der Waals surface area contributed by atoms with E-state index >= 15 is 0 Å². The molecule has 0 aliphatic heterocycles. The van der Waals surface area contributed by atoms with Crippen LogP contribution < -0.4 is 11.4 Å². The van der Waals surface area contributed by atoms with Crippen LogP contribution in [0.1, 0.15) is 25.5 Å². The number of nitrogens with zero attached hydrogens (tertiary/aromatic N) is 3. The molecule has 0 spiro atoms. The molecule has 2 aromatic rings. The Hall–Kier alpha value is -1.60. The first-order valence-electron chi connectivity index (χ1n) is 6.11. The maximum Gasteiger partial charge on any atom is 0.344 e. The molecular formula is C12H17N5OS. The molecule has 7 heteroatoms. The van der Waals surface area contributed by atoms with Gasteiger partial charge in [0.15, 0.2) is 5.16 Å². The van der Waals surface area contributed by atoms with Crippen molar-refractivity contribution < 1.29 is 0 Å². The normalized spacial score (nSPS) is 11.2. The van der Waals surface area contributed by atoms with E-state index in [0.717, 1.165) is 17.0 Å². The van der Waals surface area contributed by atoms with Gasteiger partial charge in [-0.2, -0.15) is 0 Å². The Morgan fingerprint density at radius 2 is 2.26 bits per heavy atom. The minimum atomic E-state index is -0.197. The highest BCUT2D eigenvalue weighted by molar-refractivity contribution is 7.99. The summed E-state index contributed by atoms with van der Waals surface area (Å²) in [6.45, 7) is 4.50. The second-order valence-corrected chi connectivity index (χ2v) is 5.41. The number of aromatic amines is 1. The third-order valence-corrected chi connectivity index (χ3v) is 3.54. The quantitative estimate of drug-likeness (QED) is 0.858. The third-order valence-electron chi connectivity index (χ3n) is 2.61. The molecule has 0 atom stereocenters. The van der Waals surface area contributed by atoms with Gasteiger partial charge in [-0.15, -0.1) is 5.10 Å². The van der Waals surface area contributed by atoms with E-state index in [2.05, 4.69) is 15.2 Å². The Labute approximate surface area is 115 Å². The van der Waals surface area contributed by atoms with Crippen LogP contribution in [0.25, 0.3) is 0 Å². The number of nitrogens with two attached hydrogens (primary N) is 1. The maximum absolute atomic E-state index is 11.6. The van der Waals surface area contributed by atoms with Crippen molar-refractivity contribution in [3.05, 3.63) is 34.4 Å². The summed E-state index contributed by atoms with van der Waals surface area (Å²) in [6, 6.07) is 3.97. The van der Waals surface area contributed by atoms with Crippen LogP contribution in [0.5, 0.6) is 0 Å². The van der Waals surface area contributed by atoms with Gasteiger partial charge in [-0.1, -0.05) is 6.07 Å². The predicted molar refractivity (Wildman–Crippen MR) is 74.4 cm³/mol. The van der Waals surface area contributed by atoms with E-state index in [9.17, 15) is 4.79 Å². The molecule has 0 saturated carbocycles. The van der Waals surface area contributed by atoms with Crippen LogP contribution >= 0.6 is 11.8 Å². The van der Waals surface area contributed by atoms with Crippen LogP contribution in [0, 0.1) is 0 Å². The fourth-order valence-corrected chi connectivity index (χ4v) is 2.61. The largest absolute Gasteiger partial charge is 0.344 e. The molecular weight excluding hydrogens is 262 g/mol. The van der Waals surface area contributed by atoms with Crippen LogP contribution in [0.15, 0.2) is 33.3 Å². The lowest BCUT2D eigenvalue weighted by atomic mass is 10.2. The van der Waals surface area contributed by atoms with E-state index in [0.29, 0.717) is 11.7 Å². The smallest absolute Gasteiger partial charge is 0.330 e. The molecule has 0 aromatic carbocycles. The summed E-state index contributed by atoms with van der Waals surface area (Å²) in [5, 5.41) is 7.91. The Balaban J connectivity index is 2.19. The van der Waals surface area contributed by atoms with Gasteiger partial charge in [-0.05, 0) is 50.2 Å². The molecule has 102 valence electrons. The summed E-state index contributed by atoms with van der Waals surface area (Å²) >= 11 is 1.37. The molecule has 19 heavy (non-hydrogen) atoms. The molecule has 6 nitrogen and oxygen atoms in total. The van der Waals surface area contributed by atoms with Gasteiger partial charge < -0.3 is 5.73 Å². The van der Waals surface area contributed by atoms with Gasteiger partial charge in [0.25, 0.3) is 0 Å². The van der Waals surface area contributed by atoms with Gasteiger partial charge >= 0.3 is 5.69 Å². The maximum atomic E-state index is 11.6. The van der Waals surface area contributed by atoms with Crippen LogP contribution in [0.2, 0.25) is 0 Å². The number of hydrogen-bond donors (Lipinski definition) is 2. The number of H-pyrrole nitrogens is 1. The Bertz CT molecular complexity index is 587. The van der Waals surface area contributed by atoms with E-state index in [1.807, 2.05) is 26.0 Å². The number of pyridine rings is 1. The minimum Gasteiger partial charge on any atom is -0.330 e. The zero-order chi connectivity index (χ0) is 13.8. The molecule has 0 fully saturated rings. The van der Waals surface area contributed by atoms with Crippen molar-refractivity contribution in [1.29, 1.82) is 0 Å². The van der Waals surface area contributed by atoms with Crippen molar-refractivity contribution in [3.8, 4) is 0 Å². The Kier molecular flexibility index (Phi) is 4.39. The lowest BCUT2D eigenvalue weighted by Gasteiger charge is -2.08. The third kappa shape index (κ3) is 3.24. The van der Waals surface area contributed by atoms with Crippen molar-refractivity contribution in [2.24, 2.45) is 5.73 Å². The number of aromatic nitrogens is 4. The van der Waals surface area contributed by atoms with Crippen molar-refractivity contribution in [2.75, 3.05) is 6.54 Å². The van der Waals surface area contributed by atoms with Crippen molar-refractivity contribution in [2.45, 2.75) is 36.5 Å². The predicted octanol–water partition coefficient (Wildman–Crippen LogP) is 1.20. The zero-order valence-electron chi connectivity index (χ0n) is 11.0. The molecule has 2 heterocycles. The van der Waals surface area contributed by atoms with Gasteiger partial charge in [0, 0.05) is 12.2 Å². The van der Waals surface area contributed by atoms with Crippen molar-refractivity contribution in [3.63, 3.8) is 0 Å². The molecule has 3 N–H and O–H groups in total. The first-order chi connectivity index (χ1) is 9.11. The average molecular weight is 279 g/mol. The average Bonchev–Trinajstić information content (AvgIpc) is 2.73. The highest BCUT2D eigenvalue weighted by Crippen LogP contribution is 2.24. The van der Waals surface area contributed by atoms with E-state index < -0.39 is 0 Å². The van der Waals surface area contributed by atoms with E-state index in [1.165, 1.54) is 11.8 Å². The molecule has 0 bridgehead atoms. The van der Waals surface area contributed by atoms with Crippen LogP contribution in [-0.2, 0) is 6.42 Å². The van der Waals surface area contributed by atoms with E-state index in [1.54, 1.807) is 10.8 Å². The van der Waals surface area contributed by atoms with Crippen molar-refractivity contribution in [1.82, 2.24) is 19.7 Å². The van der Waals surface area contributed by atoms with Gasteiger partial charge in [0.05, 0.1) is 0 Å². The molecule has 0 unspecified atom stereocenters. The molecule has 2 rings (SSSR count). The van der Waals surface area contributed by atoms with E-state index in [4.69, 9.17) is 5.73 Å². The Morgan fingerprint density at radius 1 is 1.47 bits per heavy atom. The standard InChI is InChI=1S/C12H17N5OS/c1-8(2)17-11(18)15-16-12(17)19-10-4-3-9(5-6-13)7-14-10/h3-4,7-8H,5-6,13H2,1-2H3,(H,15,18). The zero-order valence-corrected chi connectivity index (χ0v) is 11.8. The topological polar surface area (TPSA) is 89.6 Å². The highest BCUT2D eigenvalue weighted by atomic mass is 32.2. The van der Waals surface area contributed by atoms with Gasteiger partial charge in [-0.3, -0.25) is 4.57 Å². The van der Waals surface area contributed by atoms with Gasteiger partial charge in [-0.25, -0.2) is 14.9 Å². The molecule has 0 aliphatic rings. The van der Waals surface area contributed by atoms with Crippen LogP contribution in [-0.4, -0.2) is 26.3 Å². The molecule has 0 radical (unpaired) electrons. The second-order valence-electron chi connectivity index (χ2n) is 4.42. The highest BCUT2D eigenvalue weighted by Gasteiger charge is 2.13. The van der Waals surface area contributed by atoms with Crippen LogP contribution in [0.3, 0.4) is 0 Å². The summed E-state index contributed by atoms with van der Waals surface area (Å²) in [5.41, 5.74) is 6.40. The first kappa shape index (κ1) is 13.8. The number of hydrogen-bond acceptors (Lipinski definition) is 5. The summed E-state index contributed by atoms with van der Waals surface area (Å²) < 4.78 is 1.61. The molecule has 0 amide bonds. The van der Waals surface area contributed by atoms with Crippen molar-refractivity contribution >= 4 is 11.8 Å². The summed E-state index contributed by atoms with van der Waals surface area (Å²) in [7, 11) is 0. The number of nitrogens with one attached hydrogen (secondary N) is 1. The summed E-state index contributed by atoms with van der Waals surface area (Å²) in [4.78, 5) is 15.9. The van der Waals surface area contributed by atoms with E-state index in [-0.39, 0.29) is 11.7 Å². The SMILES string of the molecule is CC(C)n1c(Sc2ccc(CCN)cn2)n[nH]c1=O. The fraction of sp³-hybridized carbons (Fsp3) is 0.417. The molecule has 0 saturated heterocycles. The summed E-state index contributed by atoms with van der Waals surface area (Å²) in [5.74, 6) is 0. The van der Waals surface area contributed by atoms with Gasteiger partial charge in [0.2, 0.25) is 0 Å². The lowest BCUT2D eigenvalue weighted by Crippen LogP contribution is -2.19. The molecule has 0 aliphatic carbocycles. The monoisotopic (exact) mass is 279 g/mol. The first-order valence-corrected chi connectivity index (χ1v) is 6.93.